The van der Waals surface area contributed by atoms with Crippen LogP contribution in [0.1, 0.15) is 38.4 Å². The van der Waals surface area contributed by atoms with Gasteiger partial charge in [-0.2, -0.15) is 0 Å². The van der Waals surface area contributed by atoms with E-state index >= 15 is 0 Å². The molecule has 0 saturated carbocycles. The molecule has 6 heteroatoms. The minimum atomic E-state index is -3.22. The Labute approximate surface area is 126 Å². The van der Waals surface area contributed by atoms with Gasteiger partial charge in [-0.15, -0.1) is 0 Å². The van der Waals surface area contributed by atoms with Crippen LogP contribution in [0.4, 0.5) is 0 Å². The van der Waals surface area contributed by atoms with E-state index in [0.717, 1.165) is 19.1 Å². The van der Waals surface area contributed by atoms with Gasteiger partial charge in [-0.3, -0.25) is 0 Å². The molecule has 0 aliphatic heterocycles. The molecule has 1 atom stereocenters. The number of benzene rings is 1. The normalized spacial score (nSPS) is 14.1. The van der Waals surface area contributed by atoms with E-state index in [4.69, 9.17) is 0 Å². The third kappa shape index (κ3) is 4.78. The number of hydrogen-bond donors (Lipinski definition) is 3. The highest BCUT2D eigenvalue weighted by atomic mass is 32.2. The summed E-state index contributed by atoms with van der Waals surface area (Å²) in [4.78, 5) is 0.234. The molecule has 0 amide bonds. The van der Waals surface area contributed by atoms with E-state index in [-0.39, 0.29) is 17.0 Å². The number of aliphatic hydroxyl groups excluding tert-OH is 2. The van der Waals surface area contributed by atoms with Crippen LogP contribution in [0.15, 0.2) is 29.2 Å². The molecule has 0 bridgehead atoms. The molecule has 0 saturated heterocycles. The molecule has 0 radical (unpaired) electrons. The first-order valence-electron chi connectivity index (χ1n) is 7.12. The van der Waals surface area contributed by atoms with Crippen LogP contribution in [-0.4, -0.2) is 43.6 Å². The molecule has 120 valence electrons. The molecule has 0 fully saturated rings. The average molecular weight is 315 g/mol. The lowest BCUT2D eigenvalue weighted by Gasteiger charge is -2.32. The van der Waals surface area contributed by atoms with Crippen LogP contribution >= 0.6 is 0 Å². The summed E-state index contributed by atoms with van der Waals surface area (Å²) in [5.41, 5.74) is 0.266. The molecular weight excluding hydrogens is 290 g/mol. The third-order valence-corrected chi connectivity index (χ3v) is 5.15. The lowest BCUT2D eigenvalue weighted by molar-refractivity contribution is 0.114. The number of β-amino-alcohol motifs (C(OH)–C–C–N with tert-alkyl or cyclic N) is 1. The van der Waals surface area contributed by atoms with Crippen molar-refractivity contribution < 1.29 is 18.6 Å². The molecule has 0 aromatic heterocycles. The topological polar surface area (TPSA) is 86.6 Å². The van der Waals surface area contributed by atoms with Crippen molar-refractivity contribution in [2.45, 2.75) is 43.2 Å². The first-order chi connectivity index (χ1) is 9.78. The fraction of sp³-hybridized carbons (Fsp3) is 0.600. The Balaban J connectivity index is 2.74. The summed E-state index contributed by atoms with van der Waals surface area (Å²) < 4.78 is 22.8. The molecule has 5 nitrogen and oxygen atoms in total. The van der Waals surface area contributed by atoms with Crippen LogP contribution in [-0.2, 0) is 9.84 Å². The second-order valence-corrected chi connectivity index (χ2v) is 7.40. The molecule has 0 aliphatic rings. The standard InChI is InChI=1S/C15H25NO4S/c1-4-15(5-2,11-17)16-10-14(18)12-6-8-13(9-7-12)21(3,19)20/h6-9,14,16-18H,4-5,10-11H2,1-3H3. The van der Waals surface area contributed by atoms with Crippen LogP contribution in [0.25, 0.3) is 0 Å². The smallest absolute Gasteiger partial charge is 0.175 e. The van der Waals surface area contributed by atoms with E-state index in [0.29, 0.717) is 12.1 Å². The number of hydrogen-bond acceptors (Lipinski definition) is 5. The van der Waals surface area contributed by atoms with Gasteiger partial charge >= 0.3 is 0 Å². The molecule has 0 heterocycles. The van der Waals surface area contributed by atoms with Gasteiger partial charge in [0.1, 0.15) is 0 Å². The Morgan fingerprint density at radius 3 is 2.10 bits per heavy atom. The van der Waals surface area contributed by atoms with Crippen molar-refractivity contribution in [3.8, 4) is 0 Å². The summed E-state index contributed by atoms with van der Waals surface area (Å²) in [6.45, 7) is 4.29. The van der Waals surface area contributed by atoms with E-state index in [1.807, 2.05) is 13.8 Å². The van der Waals surface area contributed by atoms with Crippen molar-refractivity contribution in [2.75, 3.05) is 19.4 Å². The molecule has 3 N–H and O–H groups in total. The van der Waals surface area contributed by atoms with E-state index in [1.165, 1.54) is 12.1 Å². The molecule has 1 rings (SSSR count). The van der Waals surface area contributed by atoms with Crippen molar-refractivity contribution in [2.24, 2.45) is 0 Å². The number of rotatable bonds is 8. The van der Waals surface area contributed by atoms with Gasteiger partial charge < -0.3 is 15.5 Å². The summed E-state index contributed by atoms with van der Waals surface area (Å²) in [6, 6.07) is 6.21. The van der Waals surface area contributed by atoms with Gasteiger partial charge in [0.25, 0.3) is 0 Å². The van der Waals surface area contributed by atoms with Crippen LogP contribution < -0.4 is 5.32 Å². The summed E-state index contributed by atoms with van der Waals surface area (Å²) in [5, 5.41) is 22.9. The lowest BCUT2D eigenvalue weighted by atomic mass is 9.93. The highest BCUT2D eigenvalue weighted by Gasteiger charge is 2.25. The molecule has 0 aliphatic carbocycles. The number of aliphatic hydroxyl groups is 2. The first-order valence-corrected chi connectivity index (χ1v) is 9.01. The van der Waals surface area contributed by atoms with Crippen molar-refractivity contribution in [1.29, 1.82) is 0 Å². The molecule has 1 aromatic rings. The largest absolute Gasteiger partial charge is 0.394 e. The quantitative estimate of drug-likeness (QED) is 0.672. The first kappa shape index (κ1) is 18.1. The maximum Gasteiger partial charge on any atom is 0.175 e. The average Bonchev–Trinajstić information content (AvgIpc) is 2.48. The van der Waals surface area contributed by atoms with Gasteiger partial charge in [-0.25, -0.2) is 8.42 Å². The summed E-state index contributed by atoms with van der Waals surface area (Å²) >= 11 is 0. The highest BCUT2D eigenvalue weighted by molar-refractivity contribution is 7.90. The molecule has 1 unspecified atom stereocenters. The molecule has 1 aromatic carbocycles. The van der Waals surface area contributed by atoms with Gasteiger partial charge in [0.15, 0.2) is 9.84 Å². The van der Waals surface area contributed by atoms with Crippen LogP contribution in [0, 0.1) is 0 Å². The molecular formula is C15H25NO4S. The van der Waals surface area contributed by atoms with Crippen LogP contribution in [0.2, 0.25) is 0 Å². The SMILES string of the molecule is CCC(CC)(CO)NCC(O)c1ccc(S(C)(=O)=O)cc1. The van der Waals surface area contributed by atoms with Gasteiger partial charge in [-0.05, 0) is 30.5 Å². The van der Waals surface area contributed by atoms with Crippen molar-refractivity contribution >= 4 is 9.84 Å². The van der Waals surface area contributed by atoms with E-state index in [9.17, 15) is 18.6 Å². The monoisotopic (exact) mass is 315 g/mol. The maximum atomic E-state index is 11.4. The Hall–Kier alpha value is -0.950. The minimum absolute atomic E-state index is 0.0136. The second-order valence-electron chi connectivity index (χ2n) is 5.38. The second kappa shape index (κ2) is 7.35. The van der Waals surface area contributed by atoms with Crippen molar-refractivity contribution in [3.05, 3.63) is 29.8 Å². The van der Waals surface area contributed by atoms with Gasteiger partial charge in [0, 0.05) is 18.3 Å². The van der Waals surface area contributed by atoms with E-state index in [1.54, 1.807) is 12.1 Å². The van der Waals surface area contributed by atoms with Crippen LogP contribution in [0.5, 0.6) is 0 Å². The van der Waals surface area contributed by atoms with E-state index in [2.05, 4.69) is 5.32 Å². The predicted molar refractivity (Wildman–Crippen MR) is 82.9 cm³/mol. The van der Waals surface area contributed by atoms with Crippen molar-refractivity contribution in [3.63, 3.8) is 0 Å². The summed E-state index contributed by atoms with van der Waals surface area (Å²) in [7, 11) is -3.22. The zero-order valence-corrected chi connectivity index (χ0v) is 13.7. The predicted octanol–water partition coefficient (Wildman–Crippen LogP) is 1.26. The van der Waals surface area contributed by atoms with Gasteiger partial charge in [0.05, 0.1) is 17.6 Å². The molecule has 21 heavy (non-hydrogen) atoms. The summed E-state index contributed by atoms with van der Waals surface area (Å²) in [5.74, 6) is 0. The zero-order chi connectivity index (χ0) is 16.1. The Morgan fingerprint density at radius 1 is 1.19 bits per heavy atom. The Kier molecular flexibility index (Phi) is 6.34. The minimum Gasteiger partial charge on any atom is -0.394 e. The molecule has 0 spiro atoms. The van der Waals surface area contributed by atoms with Crippen molar-refractivity contribution in [1.82, 2.24) is 5.32 Å². The fourth-order valence-corrected chi connectivity index (χ4v) is 2.78. The number of sulfone groups is 1. The third-order valence-electron chi connectivity index (χ3n) is 4.02. The Bertz CT molecular complexity index is 527. The number of nitrogens with one attached hydrogen (secondary N) is 1. The maximum absolute atomic E-state index is 11.4. The van der Waals surface area contributed by atoms with Crippen LogP contribution in [0.3, 0.4) is 0 Å². The summed E-state index contributed by atoms with van der Waals surface area (Å²) in [6.07, 6.45) is 1.93. The van der Waals surface area contributed by atoms with Gasteiger partial charge in [-0.1, -0.05) is 26.0 Å². The lowest BCUT2D eigenvalue weighted by Crippen LogP contribution is -2.49. The van der Waals surface area contributed by atoms with E-state index < -0.39 is 15.9 Å². The highest BCUT2D eigenvalue weighted by Crippen LogP contribution is 2.19. The fourth-order valence-electron chi connectivity index (χ4n) is 2.15. The zero-order valence-electron chi connectivity index (χ0n) is 12.8. The van der Waals surface area contributed by atoms with Gasteiger partial charge in [0.2, 0.25) is 0 Å². The Morgan fingerprint density at radius 2 is 1.71 bits per heavy atom.